The first-order valence-electron chi connectivity index (χ1n) is 8.72. The Morgan fingerprint density at radius 3 is 2.68 bits per heavy atom. The molecule has 13 heteroatoms. The van der Waals surface area contributed by atoms with E-state index in [4.69, 9.17) is 5.11 Å². The Hall–Kier alpha value is -3.19. The van der Waals surface area contributed by atoms with Gasteiger partial charge in [0.15, 0.2) is 23.1 Å². The molecular weight excluding hydrogens is 443 g/mol. The average Bonchev–Trinajstić information content (AvgIpc) is 3.38. The third kappa shape index (κ3) is 4.32. The Balaban J connectivity index is 1.67. The molecule has 0 radical (unpaired) electrons. The van der Waals surface area contributed by atoms with Crippen LogP contribution in [0.1, 0.15) is 11.3 Å². The van der Waals surface area contributed by atoms with Crippen LogP contribution in [0.2, 0.25) is 0 Å². The monoisotopic (exact) mass is 456 g/mol. The fourth-order valence-electron chi connectivity index (χ4n) is 2.73. The van der Waals surface area contributed by atoms with E-state index in [0.717, 1.165) is 5.56 Å². The van der Waals surface area contributed by atoms with Gasteiger partial charge in [-0.25, -0.2) is 28.7 Å². The standard InChI is InChI=1S/C18H13F5N6OS/c19-11-6-25-15(28-14(11)26-9-17(20,30)18(21,22)23)13-7-29-3-2-24-16(29)12(27-13)5-10-1-4-31-8-10/h1-4,6-8,30H,5,9H2,(H,25,26,28). The van der Waals surface area contributed by atoms with Crippen LogP contribution in [0, 0.1) is 5.82 Å². The molecule has 0 saturated carbocycles. The zero-order chi connectivity index (χ0) is 22.2. The molecule has 0 aliphatic heterocycles. The Bertz CT molecular complexity index is 1210. The quantitative estimate of drug-likeness (QED) is 0.431. The van der Waals surface area contributed by atoms with Gasteiger partial charge in [0.2, 0.25) is 0 Å². The molecule has 0 aliphatic carbocycles. The molecule has 0 fully saturated rings. The summed E-state index contributed by atoms with van der Waals surface area (Å²) in [6.45, 7) is -1.65. The highest BCUT2D eigenvalue weighted by atomic mass is 32.1. The summed E-state index contributed by atoms with van der Waals surface area (Å²) in [6.07, 6.45) is 0.357. The van der Waals surface area contributed by atoms with Crippen molar-refractivity contribution < 1.29 is 27.1 Å². The topological polar surface area (TPSA) is 88.2 Å². The zero-order valence-electron chi connectivity index (χ0n) is 15.4. The predicted molar refractivity (Wildman–Crippen MR) is 102 cm³/mol. The molecule has 0 bridgehead atoms. The summed E-state index contributed by atoms with van der Waals surface area (Å²) in [5.74, 6) is -6.51. The first-order valence-corrected chi connectivity index (χ1v) is 9.67. The molecule has 2 N–H and O–H groups in total. The zero-order valence-corrected chi connectivity index (χ0v) is 16.3. The minimum absolute atomic E-state index is 0.111. The third-order valence-corrected chi connectivity index (χ3v) is 5.02. The first-order chi connectivity index (χ1) is 14.6. The lowest BCUT2D eigenvalue weighted by molar-refractivity contribution is -0.307. The lowest BCUT2D eigenvalue weighted by Crippen LogP contribution is -2.46. The van der Waals surface area contributed by atoms with E-state index in [2.05, 4.69) is 19.9 Å². The van der Waals surface area contributed by atoms with Gasteiger partial charge in [0.05, 0.1) is 18.4 Å². The van der Waals surface area contributed by atoms with Crippen molar-refractivity contribution in [2.24, 2.45) is 0 Å². The summed E-state index contributed by atoms with van der Waals surface area (Å²) in [4.78, 5) is 16.4. The summed E-state index contributed by atoms with van der Waals surface area (Å²) in [7, 11) is 0. The summed E-state index contributed by atoms with van der Waals surface area (Å²) >= 11 is 1.52. The van der Waals surface area contributed by atoms with Crippen LogP contribution < -0.4 is 5.32 Å². The maximum atomic E-state index is 14.0. The number of hydrogen-bond donors (Lipinski definition) is 2. The lowest BCUT2D eigenvalue weighted by atomic mass is 10.2. The number of nitrogens with one attached hydrogen (secondary N) is 1. The predicted octanol–water partition coefficient (Wildman–Crippen LogP) is 3.61. The lowest BCUT2D eigenvalue weighted by Gasteiger charge is -2.22. The van der Waals surface area contributed by atoms with E-state index < -0.39 is 30.2 Å². The second-order valence-electron chi connectivity index (χ2n) is 6.54. The van der Waals surface area contributed by atoms with E-state index in [1.165, 1.54) is 17.5 Å². The maximum absolute atomic E-state index is 14.0. The number of nitrogens with zero attached hydrogens (tertiary/aromatic N) is 5. The highest BCUT2D eigenvalue weighted by molar-refractivity contribution is 7.07. The van der Waals surface area contributed by atoms with Crippen LogP contribution in [0.25, 0.3) is 17.2 Å². The van der Waals surface area contributed by atoms with E-state index in [1.807, 2.05) is 22.1 Å². The normalized spacial score (nSPS) is 14.0. The van der Waals surface area contributed by atoms with Crippen LogP contribution in [0.5, 0.6) is 0 Å². The molecule has 4 rings (SSSR count). The summed E-state index contributed by atoms with van der Waals surface area (Å²) in [5, 5.41) is 14.6. The number of fused-ring (bicyclic) bond motifs is 1. The smallest absolute Gasteiger partial charge is 0.361 e. The van der Waals surface area contributed by atoms with Crippen molar-refractivity contribution in [3.05, 3.63) is 58.7 Å². The van der Waals surface area contributed by atoms with E-state index >= 15 is 0 Å². The molecule has 4 aromatic rings. The Labute approximate surface area is 175 Å². The van der Waals surface area contributed by atoms with Crippen LogP contribution in [0.15, 0.2) is 41.6 Å². The molecule has 0 aliphatic rings. The molecule has 7 nitrogen and oxygen atoms in total. The molecule has 4 heterocycles. The number of anilines is 1. The van der Waals surface area contributed by atoms with Crippen molar-refractivity contribution in [2.45, 2.75) is 18.5 Å². The molecule has 4 aromatic heterocycles. The molecule has 1 atom stereocenters. The van der Waals surface area contributed by atoms with Crippen LogP contribution in [-0.4, -0.2) is 48.0 Å². The van der Waals surface area contributed by atoms with Crippen molar-refractivity contribution in [3.63, 3.8) is 0 Å². The summed E-state index contributed by atoms with van der Waals surface area (Å²) in [5.41, 5.74) is 2.36. The van der Waals surface area contributed by atoms with Gasteiger partial charge in [0.1, 0.15) is 5.69 Å². The van der Waals surface area contributed by atoms with Gasteiger partial charge in [-0.2, -0.15) is 24.5 Å². The minimum Gasteiger partial charge on any atom is -0.361 e. The van der Waals surface area contributed by atoms with Gasteiger partial charge in [-0.15, -0.1) is 0 Å². The van der Waals surface area contributed by atoms with Crippen LogP contribution in [-0.2, 0) is 6.42 Å². The Kier molecular flexibility index (Phi) is 5.31. The van der Waals surface area contributed by atoms with Crippen LogP contribution in [0.4, 0.5) is 27.8 Å². The fourth-order valence-corrected chi connectivity index (χ4v) is 3.39. The van der Waals surface area contributed by atoms with Gasteiger partial charge < -0.3 is 14.8 Å². The van der Waals surface area contributed by atoms with Crippen molar-refractivity contribution in [1.29, 1.82) is 0 Å². The molecule has 162 valence electrons. The van der Waals surface area contributed by atoms with E-state index in [0.29, 0.717) is 24.0 Å². The van der Waals surface area contributed by atoms with Gasteiger partial charge in [-0.1, -0.05) is 0 Å². The molecule has 0 spiro atoms. The second-order valence-corrected chi connectivity index (χ2v) is 7.32. The molecule has 31 heavy (non-hydrogen) atoms. The van der Waals surface area contributed by atoms with Crippen LogP contribution >= 0.6 is 11.3 Å². The van der Waals surface area contributed by atoms with Crippen molar-refractivity contribution >= 4 is 22.8 Å². The second kappa shape index (κ2) is 7.81. The number of hydrogen-bond acceptors (Lipinski definition) is 7. The number of aromatic nitrogens is 5. The highest BCUT2D eigenvalue weighted by Gasteiger charge is 2.55. The van der Waals surface area contributed by atoms with Gasteiger partial charge in [-0.05, 0) is 22.4 Å². The number of halogens is 5. The Morgan fingerprint density at radius 1 is 1.16 bits per heavy atom. The number of imidazole rings is 1. The molecular formula is C18H13F5N6OS. The molecule has 0 aromatic carbocycles. The number of aliphatic hydroxyl groups is 1. The van der Waals surface area contributed by atoms with Crippen molar-refractivity contribution in [3.8, 4) is 11.5 Å². The first kappa shape index (κ1) is 21.1. The molecule has 0 saturated heterocycles. The molecule has 0 amide bonds. The summed E-state index contributed by atoms with van der Waals surface area (Å²) in [6, 6.07) is 1.92. The average molecular weight is 456 g/mol. The van der Waals surface area contributed by atoms with Crippen molar-refractivity contribution in [1.82, 2.24) is 24.3 Å². The van der Waals surface area contributed by atoms with Gasteiger partial charge >= 0.3 is 12.0 Å². The number of alkyl halides is 4. The van der Waals surface area contributed by atoms with E-state index in [9.17, 15) is 22.0 Å². The van der Waals surface area contributed by atoms with Gasteiger partial charge in [-0.3, -0.25) is 0 Å². The minimum atomic E-state index is -5.56. The van der Waals surface area contributed by atoms with E-state index in [-0.39, 0.29) is 11.5 Å². The van der Waals surface area contributed by atoms with Gasteiger partial charge in [0.25, 0.3) is 0 Å². The van der Waals surface area contributed by atoms with Crippen molar-refractivity contribution in [2.75, 3.05) is 11.9 Å². The Morgan fingerprint density at radius 2 is 1.97 bits per heavy atom. The van der Waals surface area contributed by atoms with Gasteiger partial charge in [0, 0.05) is 25.0 Å². The van der Waals surface area contributed by atoms with E-state index in [1.54, 1.807) is 16.8 Å². The SMILES string of the molecule is OC(F)(CNc1nc(-c2cn3ccnc3c(Cc3ccsc3)n2)ncc1F)C(F)(F)F. The summed E-state index contributed by atoms with van der Waals surface area (Å²) < 4.78 is 66.5. The largest absolute Gasteiger partial charge is 0.450 e. The number of rotatable bonds is 6. The number of thiophene rings is 1. The maximum Gasteiger partial charge on any atom is 0.450 e. The third-order valence-electron chi connectivity index (χ3n) is 4.29. The van der Waals surface area contributed by atoms with Crippen LogP contribution in [0.3, 0.4) is 0 Å². The highest BCUT2D eigenvalue weighted by Crippen LogP contribution is 2.32. The molecule has 1 unspecified atom stereocenters. The fraction of sp³-hybridized carbons (Fsp3) is 0.222.